The van der Waals surface area contributed by atoms with Crippen molar-refractivity contribution in [1.29, 1.82) is 0 Å². The molecule has 128 valence electrons. The predicted octanol–water partition coefficient (Wildman–Crippen LogP) is 2.90. The maximum atomic E-state index is 12.2. The van der Waals surface area contributed by atoms with E-state index in [9.17, 15) is 9.59 Å². The van der Waals surface area contributed by atoms with Crippen LogP contribution in [0.5, 0.6) is 5.75 Å². The highest BCUT2D eigenvalue weighted by Gasteiger charge is 2.12. The lowest BCUT2D eigenvalue weighted by Gasteiger charge is -2.14. The first-order valence-corrected chi connectivity index (χ1v) is 8.41. The molecule has 0 heterocycles. The molecule has 0 radical (unpaired) electrons. The van der Waals surface area contributed by atoms with Crippen molar-refractivity contribution in [3.63, 3.8) is 0 Å². The predicted molar refractivity (Wildman–Crippen MR) is 91.7 cm³/mol. The van der Waals surface area contributed by atoms with Crippen molar-refractivity contribution in [3.05, 3.63) is 29.8 Å². The summed E-state index contributed by atoms with van der Waals surface area (Å²) in [7, 11) is 0. The highest BCUT2D eigenvalue weighted by atomic mass is 16.5. The van der Waals surface area contributed by atoms with E-state index >= 15 is 0 Å². The van der Waals surface area contributed by atoms with Crippen LogP contribution in [0.2, 0.25) is 0 Å². The lowest BCUT2D eigenvalue weighted by molar-refractivity contribution is -0.121. The molecule has 5 nitrogen and oxygen atoms in total. The number of hydrogen-bond acceptors (Lipinski definition) is 3. The zero-order chi connectivity index (χ0) is 17.1. The Kier molecular flexibility index (Phi) is 8.80. The number of rotatable bonds is 10. The van der Waals surface area contributed by atoms with Crippen molar-refractivity contribution in [2.75, 3.05) is 13.2 Å². The molecule has 1 aromatic rings. The molecular weight excluding hydrogens is 292 g/mol. The first-order chi connectivity index (χ1) is 11.1. The van der Waals surface area contributed by atoms with Crippen molar-refractivity contribution in [2.45, 2.75) is 52.5 Å². The number of carbonyl (C=O) groups is 2. The van der Waals surface area contributed by atoms with Gasteiger partial charge < -0.3 is 15.4 Å². The fraction of sp³-hybridized carbons (Fsp3) is 0.556. The summed E-state index contributed by atoms with van der Waals surface area (Å²) in [5.41, 5.74) is 0.524. The smallest absolute Gasteiger partial charge is 0.255 e. The topological polar surface area (TPSA) is 67.4 Å². The monoisotopic (exact) mass is 320 g/mol. The summed E-state index contributed by atoms with van der Waals surface area (Å²) < 4.78 is 5.45. The Balaban J connectivity index is 2.36. The lowest BCUT2D eigenvalue weighted by Crippen LogP contribution is -2.34. The quantitative estimate of drug-likeness (QED) is 0.651. The molecule has 5 heteroatoms. The number of ether oxygens (including phenoxy) is 1. The Hall–Kier alpha value is -2.04. The van der Waals surface area contributed by atoms with Crippen molar-refractivity contribution in [2.24, 2.45) is 0 Å². The highest BCUT2D eigenvalue weighted by molar-refractivity contribution is 5.96. The minimum Gasteiger partial charge on any atom is -0.493 e. The van der Waals surface area contributed by atoms with Gasteiger partial charge in [0.2, 0.25) is 5.91 Å². The van der Waals surface area contributed by atoms with Crippen LogP contribution in [0.3, 0.4) is 0 Å². The zero-order valence-corrected chi connectivity index (χ0v) is 14.4. The van der Waals surface area contributed by atoms with Crippen LogP contribution in [-0.4, -0.2) is 31.0 Å². The molecule has 0 fully saturated rings. The van der Waals surface area contributed by atoms with Crippen LogP contribution < -0.4 is 15.4 Å². The van der Waals surface area contributed by atoms with Crippen LogP contribution in [0.25, 0.3) is 0 Å². The normalized spacial score (nSPS) is 10.4. The summed E-state index contributed by atoms with van der Waals surface area (Å²) in [4.78, 5) is 23.9. The van der Waals surface area contributed by atoms with Crippen LogP contribution in [0.1, 0.15) is 56.8 Å². The molecule has 0 spiro atoms. The van der Waals surface area contributed by atoms with Gasteiger partial charge in [0.25, 0.3) is 5.91 Å². The molecule has 0 unspecified atom stereocenters. The minimum atomic E-state index is -0.172. The maximum Gasteiger partial charge on any atom is 0.255 e. The third-order valence-electron chi connectivity index (χ3n) is 3.65. The first-order valence-electron chi connectivity index (χ1n) is 8.41. The number of hydrogen-bond donors (Lipinski definition) is 2. The average Bonchev–Trinajstić information content (AvgIpc) is 2.57. The molecule has 0 aliphatic heterocycles. The second-order valence-electron chi connectivity index (χ2n) is 5.37. The van der Waals surface area contributed by atoms with Crippen molar-refractivity contribution >= 4 is 11.8 Å². The average molecular weight is 320 g/mol. The molecule has 1 rings (SSSR count). The van der Waals surface area contributed by atoms with E-state index in [1.165, 1.54) is 0 Å². The van der Waals surface area contributed by atoms with E-state index in [1.807, 2.05) is 13.0 Å². The van der Waals surface area contributed by atoms with Crippen molar-refractivity contribution in [1.82, 2.24) is 10.6 Å². The highest BCUT2D eigenvalue weighted by Crippen LogP contribution is 2.17. The van der Waals surface area contributed by atoms with Crippen LogP contribution in [0, 0.1) is 0 Å². The van der Waals surface area contributed by atoms with E-state index < -0.39 is 0 Å². The molecule has 0 bridgehead atoms. The Morgan fingerprint density at radius 2 is 1.83 bits per heavy atom. The Morgan fingerprint density at radius 3 is 2.48 bits per heavy atom. The first kappa shape index (κ1) is 19.0. The molecule has 0 aromatic heterocycles. The van der Waals surface area contributed by atoms with E-state index in [2.05, 4.69) is 24.5 Å². The number of amides is 2. The molecule has 0 saturated heterocycles. The van der Waals surface area contributed by atoms with Gasteiger partial charge in [-0.1, -0.05) is 26.0 Å². The SMILES string of the molecule is CCOc1ccccc1C(=O)NCCCC(=O)NC(CC)CC. The largest absolute Gasteiger partial charge is 0.493 e. The fourth-order valence-electron chi connectivity index (χ4n) is 2.27. The Bertz CT molecular complexity index is 499. The maximum absolute atomic E-state index is 12.2. The fourth-order valence-corrected chi connectivity index (χ4v) is 2.27. The third kappa shape index (κ3) is 6.72. The van der Waals surface area contributed by atoms with Crippen LogP contribution in [0.15, 0.2) is 24.3 Å². The van der Waals surface area contributed by atoms with Gasteiger partial charge in [-0.2, -0.15) is 0 Å². The van der Waals surface area contributed by atoms with E-state index in [0.29, 0.717) is 37.3 Å². The zero-order valence-electron chi connectivity index (χ0n) is 14.4. The van der Waals surface area contributed by atoms with Gasteiger partial charge in [-0.3, -0.25) is 9.59 Å². The number of nitrogens with one attached hydrogen (secondary N) is 2. The van der Waals surface area contributed by atoms with Crippen LogP contribution in [-0.2, 0) is 4.79 Å². The summed E-state index contributed by atoms with van der Waals surface area (Å²) in [6, 6.07) is 7.40. The second kappa shape index (κ2) is 10.6. The van der Waals surface area contributed by atoms with Gasteiger partial charge in [-0.15, -0.1) is 0 Å². The molecular formula is C18H28N2O3. The molecule has 0 saturated carbocycles. The Morgan fingerprint density at radius 1 is 1.13 bits per heavy atom. The van der Waals surface area contributed by atoms with Crippen molar-refractivity contribution < 1.29 is 14.3 Å². The molecule has 0 atom stereocenters. The second-order valence-corrected chi connectivity index (χ2v) is 5.37. The summed E-state index contributed by atoms with van der Waals surface area (Å²) >= 11 is 0. The van der Waals surface area contributed by atoms with Crippen molar-refractivity contribution in [3.8, 4) is 5.75 Å². The van der Waals surface area contributed by atoms with Gasteiger partial charge in [-0.25, -0.2) is 0 Å². The number of benzene rings is 1. The van der Waals surface area contributed by atoms with Gasteiger partial charge in [0, 0.05) is 19.0 Å². The van der Waals surface area contributed by atoms with Crippen LogP contribution in [0.4, 0.5) is 0 Å². The third-order valence-corrected chi connectivity index (χ3v) is 3.65. The summed E-state index contributed by atoms with van der Waals surface area (Å²) in [6.45, 7) is 6.98. The van der Waals surface area contributed by atoms with Gasteiger partial charge in [-0.05, 0) is 38.3 Å². The summed E-state index contributed by atoms with van der Waals surface area (Å²) in [5.74, 6) is 0.455. The molecule has 2 amide bonds. The number of para-hydroxylation sites is 1. The van der Waals surface area contributed by atoms with Gasteiger partial charge in [0.15, 0.2) is 0 Å². The minimum absolute atomic E-state index is 0.0441. The lowest BCUT2D eigenvalue weighted by atomic mass is 10.1. The molecule has 0 aliphatic carbocycles. The number of carbonyl (C=O) groups excluding carboxylic acids is 2. The standard InChI is InChI=1S/C18H28N2O3/c1-4-14(5-2)20-17(21)12-9-13-19-18(22)15-10-7-8-11-16(15)23-6-3/h7-8,10-11,14H,4-6,9,12-13H2,1-3H3,(H,19,22)(H,20,21). The van der Waals surface area contributed by atoms with E-state index in [-0.39, 0.29) is 17.9 Å². The van der Waals surface area contributed by atoms with E-state index in [0.717, 1.165) is 12.8 Å². The van der Waals surface area contributed by atoms with Gasteiger partial charge >= 0.3 is 0 Å². The summed E-state index contributed by atoms with van der Waals surface area (Å²) in [6.07, 6.45) is 2.92. The van der Waals surface area contributed by atoms with Crippen LogP contribution >= 0.6 is 0 Å². The van der Waals surface area contributed by atoms with E-state index in [4.69, 9.17) is 4.74 Å². The molecule has 2 N–H and O–H groups in total. The summed E-state index contributed by atoms with van der Waals surface area (Å²) in [5, 5.41) is 5.83. The molecule has 23 heavy (non-hydrogen) atoms. The molecule has 1 aromatic carbocycles. The molecule has 0 aliphatic rings. The van der Waals surface area contributed by atoms with Gasteiger partial charge in [0.1, 0.15) is 5.75 Å². The Labute approximate surface area is 138 Å². The van der Waals surface area contributed by atoms with E-state index in [1.54, 1.807) is 18.2 Å². The van der Waals surface area contributed by atoms with Gasteiger partial charge in [0.05, 0.1) is 12.2 Å².